The number of nitrogens with zero attached hydrogens (tertiary/aromatic N) is 3. The zero-order valence-corrected chi connectivity index (χ0v) is 11.6. The molecule has 104 valence electrons. The third-order valence-corrected chi connectivity index (χ3v) is 3.70. The van der Waals surface area contributed by atoms with E-state index in [1.54, 1.807) is 0 Å². The van der Waals surface area contributed by atoms with Gasteiger partial charge in [-0.1, -0.05) is 0 Å². The predicted molar refractivity (Wildman–Crippen MR) is 71.8 cm³/mol. The summed E-state index contributed by atoms with van der Waals surface area (Å²) < 4.78 is 0. The molecule has 2 heterocycles. The highest BCUT2D eigenvalue weighted by atomic mass is 16.3. The van der Waals surface area contributed by atoms with Gasteiger partial charge in [0.15, 0.2) is 5.60 Å². The Morgan fingerprint density at radius 1 is 1.37 bits per heavy atom. The fourth-order valence-corrected chi connectivity index (χ4v) is 2.48. The molecule has 1 saturated heterocycles. The highest BCUT2D eigenvalue weighted by molar-refractivity contribution is 5.84. The lowest BCUT2D eigenvalue weighted by atomic mass is 9.92. The maximum absolute atomic E-state index is 11.4. The first-order chi connectivity index (χ1) is 8.83. The molecule has 0 spiro atoms. The molecule has 2 rings (SSSR count). The van der Waals surface area contributed by atoms with E-state index in [1.807, 2.05) is 25.7 Å². The molecule has 0 radical (unpaired) electrons. The highest BCUT2D eigenvalue weighted by Crippen LogP contribution is 2.27. The molecule has 1 fully saturated rings. The fourth-order valence-electron chi connectivity index (χ4n) is 2.48. The molecule has 0 unspecified atom stereocenters. The van der Waals surface area contributed by atoms with Crippen molar-refractivity contribution in [1.29, 1.82) is 0 Å². The van der Waals surface area contributed by atoms with Gasteiger partial charge in [0.05, 0.1) is 6.54 Å². The van der Waals surface area contributed by atoms with Crippen LogP contribution in [0.5, 0.6) is 0 Å². The Morgan fingerprint density at radius 2 is 2.05 bits per heavy atom. The van der Waals surface area contributed by atoms with Gasteiger partial charge in [0.25, 0.3) is 5.91 Å². The van der Waals surface area contributed by atoms with E-state index in [1.165, 1.54) is 0 Å². The van der Waals surface area contributed by atoms with Gasteiger partial charge in [-0.3, -0.25) is 4.79 Å². The Labute approximate surface area is 112 Å². The van der Waals surface area contributed by atoms with Gasteiger partial charge in [-0.25, -0.2) is 9.97 Å². The molecule has 1 aromatic heterocycles. The van der Waals surface area contributed by atoms with E-state index in [0.29, 0.717) is 18.7 Å². The third kappa shape index (κ3) is 2.53. The number of hydrogen-bond donors (Lipinski definition) is 2. The van der Waals surface area contributed by atoms with E-state index in [-0.39, 0.29) is 6.54 Å². The minimum atomic E-state index is -1.46. The van der Waals surface area contributed by atoms with Crippen molar-refractivity contribution in [3.63, 3.8) is 0 Å². The largest absolute Gasteiger partial charge is 0.378 e. The summed E-state index contributed by atoms with van der Waals surface area (Å²) in [6.45, 7) is 6.66. The van der Waals surface area contributed by atoms with E-state index in [4.69, 9.17) is 5.73 Å². The Morgan fingerprint density at radius 3 is 2.68 bits per heavy atom. The summed E-state index contributed by atoms with van der Waals surface area (Å²) in [4.78, 5) is 22.0. The number of nitrogens with two attached hydrogens (primary N) is 1. The van der Waals surface area contributed by atoms with Crippen molar-refractivity contribution < 1.29 is 9.90 Å². The number of carbonyl (C=O) groups excluding carboxylic acids is 1. The zero-order valence-electron chi connectivity index (χ0n) is 11.6. The van der Waals surface area contributed by atoms with Crippen LogP contribution in [0.4, 0.5) is 5.82 Å². The lowest BCUT2D eigenvalue weighted by Crippen LogP contribution is -2.56. The Kier molecular flexibility index (Phi) is 3.45. The second-order valence-corrected chi connectivity index (χ2v) is 5.23. The molecule has 19 heavy (non-hydrogen) atoms. The number of amides is 1. The molecular weight excluding hydrogens is 244 g/mol. The van der Waals surface area contributed by atoms with E-state index in [0.717, 1.165) is 23.6 Å². The van der Waals surface area contributed by atoms with Gasteiger partial charge in [0.1, 0.15) is 11.6 Å². The number of piperidine rings is 1. The number of carbonyl (C=O) groups is 1. The Balaban J connectivity index is 2.35. The van der Waals surface area contributed by atoms with Gasteiger partial charge in [-0.15, -0.1) is 0 Å². The summed E-state index contributed by atoms with van der Waals surface area (Å²) >= 11 is 0. The van der Waals surface area contributed by atoms with Crippen molar-refractivity contribution in [2.24, 2.45) is 5.73 Å². The molecule has 1 aliphatic heterocycles. The number of aliphatic hydroxyl groups is 1. The molecule has 1 aliphatic rings. The molecular formula is C13H20N4O2. The van der Waals surface area contributed by atoms with Gasteiger partial charge in [0, 0.05) is 17.8 Å². The first-order valence-corrected chi connectivity index (χ1v) is 6.42. The standard InChI is InChI=1S/C13H20N4O2/c1-8-9(2)15-10(3)16-11(8)17-6-4-5-13(19,7-17)12(14)18/h19H,4-7H2,1-3H3,(H2,14,18)/t13-/m0/s1. The number of primary amides is 1. The van der Waals surface area contributed by atoms with Crippen molar-refractivity contribution in [2.45, 2.75) is 39.2 Å². The maximum atomic E-state index is 11.4. The van der Waals surface area contributed by atoms with Gasteiger partial charge < -0.3 is 15.7 Å². The maximum Gasteiger partial charge on any atom is 0.251 e. The topological polar surface area (TPSA) is 92.3 Å². The molecule has 1 atom stereocenters. The number of β-amino-alcohol motifs (C(OH)–C–C–N with tert-alkyl or cyclic N) is 1. The third-order valence-electron chi connectivity index (χ3n) is 3.70. The molecule has 3 N–H and O–H groups in total. The minimum Gasteiger partial charge on any atom is -0.378 e. The predicted octanol–water partition coefficient (Wildman–Crippen LogP) is 0.218. The number of hydrogen-bond acceptors (Lipinski definition) is 5. The van der Waals surface area contributed by atoms with Crippen molar-refractivity contribution in [2.75, 3.05) is 18.0 Å². The lowest BCUT2D eigenvalue weighted by Gasteiger charge is -2.38. The quantitative estimate of drug-likeness (QED) is 0.797. The van der Waals surface area contributed by atoms with Crippen molar-refractivity contribution in [3.8, 4) is 0 Å². The number of aryl methyl sites for hydroxylation is 2. The summed E-state index contributed by atoms with van der Waals surface area (Å²) in [5, 5.41) is 10.3. The van der Waals surface area contributed by atoms with Crippen LogP contribution in [-0.2, 0) is 4.79 Å². The Hall–Kier alpha value is -1.69. The average molecular weight is 264 g/mol. The normalized spacial score (nSPS) is 23.5. The monoisotopic (exact) mass is 264 g/mol. The number of rotatable bonds is 2. The first-order valence-electron chi connectivity index (χ1n) is 6.42. The van der Waals surface area contributed by atoms with Crippen LogP contribution in [0, 0.1) is 20.8 Å². The molecule has 6 nitrogen and oxygen atoms in total. The van der Waals surface area contributed by atoms with Crippen LogP contribution in [0.15, 0.2) is 0 Å². The molecule has 0 aromatic carbocycles. The minimum absolute atomic E-state index is 0.194. The van der Waals surface area contributed by atoms with E-state index in [2.05, 4.69) is 9.97 Å². The van der Waals surface area contributed by atoms with E-state index >= 15 is 0 Å². The second kappa shape index (κ2) is 4.77. The van der Waals surface area contributed by atoms with Gasteiger partial charge in [-0.2, -0.15) is 0 Å². The zero-order chi connectivity index (χ0) is 14.2. The van der Waals surface area contributed by atoms with Crippen molar-refractivity contribution >= 4 is 11.7 Å². The fraction of sp³-hybridized carbons (Fsp3) is 0.615. The highest BCUT2D eigenvalue weighted by Gasteiger charge is 2.39. The number of aromatic nitrogens is 2. The Bertz CT molecular complexity index is 518. The summed E-state index contributed by atoms with van der Waals surface area (Å²) in [6.07, 6.45) is 1.11. The molecule has 0 aliphatic carbocycles. The molecule has 1 amide bonds. The molecule has 6 heteroatoms. The summed E-state index contributed by atoms with van der Waals surface area (Å²) in [5.74, 6) is 0.799. The second-order valence-electron chi connectivity index (χ2n) is 5.23. The first kappa shape index (κ1) is 13.7. The van der Waals surface area contributed by atoms with Crippen LogP contribution in [0.1, 0.15) is 29.9 Å². The smallest absolute Gasteiger partial charge is 0.251 e. The van der Waals surface area contributed by atoms with Crippen LogP contribution >= 0.6 is 0 Å². The van der Waals surface area contributed by atoms with Gasteiger partial charge in [0.2, 0.25) is 0 Å². The molecule has 1 aromatic rings. The van der Waals surface area contributed by atoms with Crippen molar-refractivity contribution in [1.82, 2.24) is 9.97 Å². The van der Waals surface area contributed by atoms with E-state index < -0.39 is 11.5 Å². The SMILES string of the molecule is Cc1nc(C)c(C)c(N2CCC[C@@](O)(C(N)=O)C2)n1. The number of anilines is 1. The van der Waals surface area contributed by atoms with Crippen LogP contribution in [0.25, 0.3) is 0 Å². The molecule has 0 saturated carbocycles. The molecule has 0 bridgehead atoms. The van der Waals surface area contributed by atoms with Gasteiger partial charge >= 0.3 is 0 Å². The van der Waals surface area contributed by atoms with Crippen LogP contribution < -0.4 is 10.6 Å². The van der Waals surface area contributed by atoms with Crippen molar-refractivity contribution in [3.05, 3.63) is 17.1 Å². The van der Waals surface area contributed by atoms with Crippen LogP contribution in [-0.4, -0.2) is 39.7 Å². The average Bonchev–Trinajstić information content (AvgIpc) is 2.33. The lowest BCUT2D eigenvalue weighted by molar-refractivity contribution is -0.137. The van der Waals surface area contributed by atoms with Gasteiger partial charge in [-0.05, 0) is 33.6 Å². The van der Waals surface area contributed by atoms with Crippen LogP contribution in [0.2, 0.25) is 0 Å². The van der Waals surface area contributed by atoms with E-state index in [9.17, 15) is 9.90 Å². The van der Waals surface area contributed by atoms with Crippen LogP contribution in [0.3, 0.4) is 0 Å². The summed E-state index contributed by atoms with van der Waals surface area (Å²) in [5.41, 5.74) is 5.71. The summed E-state index contributed by atoms with van der Waals surface area (Å²) in [6, 6.07) is 0. The summed E-state index contributed by atoms with van der Waals surface area (Å²) in [7, 11) is 0.